The largest absolute Gasteiger partial charge is 0.299 e. The first-order valence-corrected chi connectivity index (χ1v) is 6.46. The van der Waals surface area contributed by atoms with E-state index in [2.05, 4.69) is 0 Å². The van der Waals surface area contributed by atoms with Crippen molar-refractivity contribution < 1.29 is 9.18 Å². The van der Waals surface area contributed by atoms with Crippen molar-refractivity contribution in [3.8, 4) is 0 Å². The molecule has 0 saturated carbocycles. The summed E-state index contributed by atoms with van der Waals surface area (Å²) in [6, 6.07) is 8.46. The number of hydrogen-bond donors (Lipinski definition) is 0. The summed E-state index contributed by atoms with van der Waals surface area (Å²) in [5, 5.41) is 4.03. The fourth-order valence-corrected chi connectivity index (χ4v) is 2.36. The average molecular weight is 248 g/mol. The number of thiophene rings is 1. The molecule has 0 spiro atoms. The highest BCUT2D eigenvalue weighted by atomic mass is 32.1. The SMILES string of the molecule is O=C(CCc1ccsc1)Cc1ccccc1F. The van der Waals surface area contributed by atoms with E-state index in [0.717, 1.165) is 6.42 Å². The molecule has 0 bridgehead atoms. The first kappa shape index (κ1) is 12.0. The molecule has 0 atom stereocenters. The molecule has 0 fully saturated rings. The highest BCUT2D eigenvalue weighted by Crippen LogP contribution is 2.12. The maximum absolute atomic E-state index is 13.3. The fourth-order valence-electron chi connectivity index (χ4n) is 1.66. The quantitative estimate of drug-likeness (QED) is 0.789. The molecule has 2 aromatic rings. The Balaban J connectivity index is 1.87. The lowest BCUT2D eigenvalue weighted by Crippen LogP contribution is -2.05. The highest BCUT2D eigenvalue weighted by molar-refractivity contribution is 7.07. The Hall–Kier alpha value is -1.48. The van der Waals surface area contributed by atoms with Crippen LogP contribution >= 0.6 is 11.3 Å². The first-order chi connectivity index (χ1) is 8.25. The Kier molecular flexibility index (Phi) is 4.04. The lowest BCUT2D eigenvalue weighted by molar-refractivity contribution is -0.118. The van der Waals surface area contributed by atoms with Crippen LogP contribution in [0.1, 0.15) is 17.5 Å². The molecule has 0 amide bonds. The van der Waals surface area contributed by atoms with Crippen LogP contribution in [-0.2, 0) is 17.6 Å². The van der Waals surface area contributed by atoms with Crippen molar-refractivity contribution in [2.45, 2.75) is 19.3 Å². The summed E-state index contributed by atoms with van der Waals surface area (Å²) >= 11 is 1.63. The van der Waals surface area contributed by atoms with Crippen LogP contribution in [0.4, 0.5) is 4.39 Å². The Morgan fingerprint density at radius 2 is 2.06 bits per heavy atom. The molecule has 1 aromatic carbocycles. The van der Waals surface area contributed by atoms with Crippen molar-refractivity contribution >= 4 is 17.1 Å². The van der Waals surface area contributed by atoms with Gasteiger partial charge in [-0.2, -0.15) is 11.3 Å². The summed E-state index contributed by atoms with van der Waals surface area (Å²) in [6.45, 7) is 0. The van der Waals surface area contributed by atoms with E-state index < -0.39 is 0 Å². The predicted molar refractivity (Wildman–Crippen MR) is 67.8 cm³/mol. The molecule has 2 rings (SSSR count). The Morgan fingerprint density at radius 3 is 2.76 bits per heavy atom. The maximum atomic E-state index is 13.3. The molecule has 1 nitrogen and oxygen atoms in total. The van der Waals surface area contributed by atoms with Crippen LogP contribution in [-0.4, -0.2) is 5.78 Å². The van der Waals surface area contributed by atoms with Gasteiger partial charge < -0.3 is 0 Å². The van der Waals surface area contributed by atoms with E-state index in [4.69, 9.17) is 0 Å². The molecule has 0 aliphatic carbocycles. The van der Waals surface area contributed by atoms with Crippen LogP contribution in [0.2, 0.25) is 0 Å². The van der Waals surface area contributed by atoms with Crippen LogP contribution in [0.3, 0.4) is 0 Å². The Morgan fingerprint density at radius 1 is 1.24 bits per heavy atom. The molecule has 1 heterocycles. The standard InChI is InChI=1S/C14H13FOS/c15-14-4-2-1-3-12(14)9-13(16)6-5-11-7-8-17-10-11/h1-4,7-8,10H,5-6,9H2. The Bertz CT molecular complexity index is 491. The molecule has 0 radical (unpaired) electrons. The smallest absolute Gasteiger partial charge is 0.137 e. The van der Waals surface area contributed by atoms with Crippen LogP contribution in [0.15, 0.2) is 41.1 Å². The van der Waals surface area contributed by atoms with Gasteiger partial charge in [0.05, 0.1) is 0 Å². The monoisotopic (exact) mass is 248 g/mol. The lowest BCUT2D eigenvalue weighted by atomic mass is 10.0. The number of hydrogen-bond acceptors (Lipinski definition) is 2. The minimum absolute atomic E-state index is 0.0845. The number of halogens is 1. The molecule has 0 N–H and O–H groups in total. The second-order valence-corrected chi connectivity index (χ2v) is 4.72. The molecule has 0 aliphatic heterocycles. The normalized spacial score (nSPS) is 10.4. The van der Waals surface area contributed by atoms with E-state index in [0.29, 0.717) is 12.0 Å². The van der Waals surface area contributed by atoms with E-state index in [-0.39, 0.29) is 18.0 Å². The molecule has 17 heavy (non-hydrogen) atoms. The van der Waals surface area contributed by atoms with E-state index >= 15 is 0 Å². The van der Waals surface area contributed by atoms with E-state index in [1.807, 2.05) is 16.8 Å². The highest BCUT2D eigenvalue weighted by Gasteiger charge is 2.07. The van der Waals surface area contributed by atoms with E-state index in [9.17, 15) is 9.18 Å². The third kappa shape index (κ3) is 3.49. The van der Waals surface area contributed by atoms with Crippen molar-refractivity contribution in [1.82, 2.24) is 0 Å². The van der Waals surface area contributed by atoms with Crippen molar-refractivity contribution in [2.75, 3.05) is 0 Å². The average Bonchev–Trinajstić information content (AvgIpc) is 2.82. The maximum Gasteiger partial charge on any atom is 0.137 e. The second-order valence-electron chi connectivity index (χ2n) is 3.94. The lowest BCUT2D eigenvalue weighted by Gasteiger charge is -2.02. The number of Topliss-reactive ketones (excluding diaryl/α,β-unsaturated/α-hetero) is 1. The number of carbonyl (C=O) groups excluding carboxylic acids is 1. The summed E-state index contributed by atoms with van der Waals surface area (Å²) in [5.74, 6) is -0.210. The number of ketones is 1. The van der Waals surface area contributed by atoms with Gasteiger partial charge in [0, 0.05) is 12.8 Å². The second kappa shape index (κ2) is 5.73. The van der Waals surface area contributed by atoms with E-state index in [1.54, 1.807) is 29.5 Å². The van der Waals surface area contributed by atoms with Crippen LogP contribution in [0.25, 0.3) is 0 Å². The van der Waals surface area contributed by atoms with Gasteiger partial charge in [0.25, 0.3) is 0 Å². The first-order valence-electron chi connectivity index (χ1n) is 5.52. The van der Waals surface area contributed by atoms with Gasteiger partial charge in [0.2, 0.25) is 0 Å². The predicted octanol–water partition coefficient (Wildman–Crippen LogP) is 3.63. The van der Waals surface area contributed by atoms with Crippen molar-refractivity contribution in [3.63, 3.8) is 0 Å². The molecule has 0 unspecified atom stereocenters. The minimum Gasteiger partial charge on any atom is -0.299 e. The molecule has 88 valence electrons. The summed E-state index contributed by atoms with van der Waals surface area (Å²) < 4.78 is 13.3. The molecule has 3 heteroatoms. The summed E-state index contributed by atoms with van der Waals surface area (Å²) in [5.41, 5.74) is 1.67. The van der Waals surface area contributed by atoms with Gasteiger partial charge >= 0.3 is 0 Å². The molecule has 0 aliphatic rings. The number of aryl methyl sites for hydroxylation is 1. The van der Waals surface area contributed by atoms with Crippen molar-refractivity contribution in [1.29, 1.82) is 0 Å². The van der Waals surface area contributed by atoms with Crippen molar-refractivity contribution in [2.24, 2.45) is 0 Å². The van der Waals surface area contributed by atoms with Gasteiger partial charge in [-0.3, -0.25) is 4.79 Å². The minimum atomic E-state index is -0.295. The zero-order valence-electron chi connectivity index (χ0n) is 9.36. The fraction of sp³-hybridized carbons (Fsp3) is 0.214. The number of carbonyl (C=O) groups is 1. The number of rotatable bonds is 5. The van der Waals surface area contributed by atoms with Gasteiger partial charge in [0.1, 0.15) is 11.6 Å². The topological polar surface area (TPSA) is 17.1 Å². The summed E-state index contributed by atoms with van der Waals surface area (Å²) in [4.78, 5) is 11.7. The molecule has 0 saturated heterocycles. The van der Waals surface area contributed by atoms with Gasteiger partial charge in [0.15, 0.2) is 0 Å². The summed E-state index contributed by atoms with van der Waals surface area (Å²) in [6.07, 6.45) is 1.42. The van der Waals surface area contributed by atoms with Gasteiger partial charge in [-0.05, 0) is 40.4 Å². The Labute approximate surface area is 104 Å². The molecular weight excluding hydrogens is 235 g/mol. The number of benzene rings is 1. The zero-order chi connectivity index (χ0) is 12.1. The van der Waals surface area contributed by atoms with E-state index in [1.165, 1.54) is 11.6 Å². The molecular formula is C14H13FOS. The van der Waals surface area contributed by atoms with Gasteiger partial charge in [-0.1, -0.05) is 18.2 Å². The van der Waals surface area contributed by atoms with Crippen molar-refractivity contribution in [3.05, 3.63) is 58.0 Å². The summed E-state index contributed by atoms with van der Waals surface area (Å²) in [7, 11) is 0. The van der Waals surface area contributed by atoms with Gasteiger partial charge in [-0.25, -0.2) is 4.39 Å². The third-order valence-corrected chi connectivity index (χ3v) is 3.35. The zero-order valence-corrected chi connectivity index (χ0v) is 10.2. The molecule has 1 aromatic heterocycles. The van der Waals surface area contributed by atoms with Gasteiger partial charge in [-0.15, -0.1) is 0 Å². The van der Waals surface area contributed by atoms with Crippen LogP contribution in [0.5, 0.6) is 0 Å². The third-order valence-electron chi connectivity index (χ3n) is 2.62. The van der Waals surface area contributed by atoms with Crippen LogP contribution < -0.4 is 0 Å². The van der Waals surface area contributed by atoms with Crippen LogP contribution in [0, 0.1) is 5.82 Å².